The van der Waals surface area contributed by atoms with E-state index < -0.39 is 5.51 Å². The Hall–Kier alpha value is -1.70. The Morgan fingerprint density at radius 3 is 2.24 bits per heavy atom. The van der Waals surface area contributed by atoms with Crippen LogP contribution in [0, 0.1) is 0 Å². The Kier molecular flexibility index (Phi) is 2.97. The molecule has 2 rings (SSSR count). The molecule has 8 heteroatoms. The second-order valence-corrected chi connectivity index (χ2v) is 4.21. The van der Waals surface area contributed by atoms with Crippen molar-refractivity contribution in [2.45, 2.75) is 10.4 Å². The van der Waals surface area contributed by atoms with E-state index >= 15 is 0 Å². The van der Waals surface area contributed by atoms with Gasteiger partial charge in [-0.2, -0.15) is 13.2 Å². The Labute approximate surface area is 97.9 Å². The maximum absolute atomic E-state index is 12.1. The Morgan fingerprint density at radius 1 is 1.12 bits per heavy atom. The normalized spacial score (nSPS) is 11.7. The average molecular weight is 261 g/mol. The van der Waals surface area contributed by atoms with E-state index in [9.17, 15) is 13.2 Å². The number of nitrogens with zero attached hydrogens (tertiary/aromatic N) is 2. The number of hydrogen-bond acceptors (Lipinski definition) is 5. The van der Waals surface area contributed by atoms with Crippen LogP contribution in [0.15, 0.2) is 33.8 Å². The molecule has 90 valence electrons. The highest BCUT2D eigenvalue weighted by atomic mass is 32.2. The first-order chi connectivity index (χ1) is 7.96. The van der Waals surface area contributed by atoms with Crippen LogP contribution < -0.4 is 5.73 Å². The second-order valence-electron chi connectivity index (χ2n) is 3.07. The Bertz CT molecular complexity index is 509. The number of halogens is 3. The SMILES string of the molecule is Nc1nonc1-c1ccc(SC(F)(F)F)cc1. The van der Waals surface area contributed by atoms with Crippen molar-refractivity contribution in [3.8, 4) is 11.3 Å². The van der Waals surface area contributed by atoms with Crippen LogP contribution in [0.4, 0.5) is 19.0 Å². The van der Waals surface area contributed by atoms with Crippen LogP contribution in [-0.2, 0) is 0 Å². The van der Waals surface area contributed by atoms with Crippen LogP contribution in [0.2, 0.25) is 0 Å². The number of nitrogens with two attached hydrogens (primary N) is 1. The lowest BCUT2D eigenvalue weighted by molar-refractivity contribution is -0.0328. The zero-order valence-corrected chi connectivity index (χ0v) is 9.05. The van der Waals surface area contributed by atoms with E-state index in [-0.39, 0.29) is 22.5 Å². The van der Waals surface area contributed by atoms with Crippen molar-refractivity contribution in [3.63, 3.8) is 0 Å². The van der Waals surface area contributed by atoms with E-state index in [0.717, 1.165) is 0 Å². The summed E-state index contributed by atoms with van der Waals surface area (Å²) in [4.78, 5) is 0.0938. The monoisotopic (exact) mass is 261 g/mol. The lowest BCUT2D eigenvalue weighted by atomic mass is 10.1. The van der Waals surface area contributed by atoms with Gasteiger partial charge in [-0.05, 0) is 34.2 Å². The predicted octanol–water partition coefficient (Wildman–Crippen LogP) is 2.93. The Balaban J connectivity index is 2.22. The summed E-state index contributed by atoms with van der Waals surface area (Å²) in [6.45, 7) is 0. The van der Waals surface area contributed by atoms with Crippen molar-refractivity contribution in [2.24, 2.45) is 0 Å². The largest absolute Gasteiger partial charge is 0.446 e. The molecule has 17 heavy (non-hydrogen) atoms. The number of nitrogen functional groups attached to an aromatic ring is 1. The molecule has 0 spiro atoms. The van der Waals surface area contributed by atoms with Gasteiger partial charge >= 0.3 is 5.51 Å². The molecule has 1 aromatic carbocycles. The first-order valence-electron chi connectivity index (χ1n) is 4.40. The van der Waals surface area contributed by atoms with E-state index in [2.05, 4.69) is 14.9 Å². The minimum atomic E-state index is -4.30. The van der Waals surface area contributed by atoms with Gasteiger partial charge in [0.1, 0.15) is 0 Å². The van der Waals surface area contributed by atoms with Gasteiger partial charge in [0.2, 0.25) is 0 Å². The van der Waals surface area contributed by atoms with Gasteiger partial charge in [0.25, 0.3) is 0 Å². The summed E-state index contributed by atoms with van der Waals surface area (Å²) in [6.07, 6.45) is 0. The summed E-state index contributed by atoms with van der Waals surface area (Å²) >= 11 is -0.180. The maximum Gasteiger partial charge on any atom is 0.446 e. The smallest absolute Gasteiger partial charge is 0.379 e. The third kappa shape index (κ3) is 2.90. The van der Waals surface area contributed by atoms with Gasteiger partial charge in [0, 0.05) is 10.5 Å². The lowest BCUT2D eigenvalue weighted by Gasteiger charge is -2.05. The molecule has 0 fully saturated rings. The quantitative estimate of drug-likeness (QED) is 0.842. The molecule has 0 unspecified atom stereocenters. The van der Waals surface area contributed by atoms with E-state index in [4.69, 9.17) is 5.73 Å². The van der Waals surface area contributed by atoms with E-state index in [1.165, 1.54) is 24.3 Å². The molecule has 0 aliphatic rings. The van der Waals surface area contributed by atoms with Gasteiger partial charge in [-0.15, -0.1) is 0 Å². The summed E-state index contributed by atoms with van der Waals surface area (Å²) in [5, 5.41) is 6.93. The minimum absolute atomic E-state index is 0.0938. The van der Waals surface area contributed by atoms with Crippen molar-refractivity contribution >= 4 is 17.6 Å². The van der Waals surface area contributed by atoms with Crippen molar-refractivity contribution in [3.05, 3.63) is 24.3 Å². The molecule has 1 aromatic heterocycles. The zero-order chi connectivity index (χ0) is 12.5. The summed E-state index contributed by atoms with van der Waals surface area (Å²) < 4.78 is 40.7. The molecule has 0 atom stereocenters. The van der Waals surface area contributed by atoms with Gasteiger partial charge < -0.3 is 5.73 Å². The summed E-state index contributed by atoms with van der Waals surface area (Å²) in [7, 11) is 0. The van der Waals surface area contributed by atoms with E-state index in [1.807, 2.05) is 0 Å². The third-order valence-electron chi connectivity index (χ3n) is 1.88. The van der Waals surface area contributed by atoms with Crippen LogP contribution in [0.5, 0.6) is 0 Å². The van der Waals surface area contributed by atoms with Crippen LogP contribution in [0.3, 0.4) is 0 Å². The molecule has 0 bridgehead atoms. The molecule has 0 aliphatic heterocycles. The minimum Gasteiger partial charge on any atom is -0.379 e. The fourth-order valence-corrected chi connectivity index (χ4v) is 1.75. The van der Waals surface area contributed by atoms with Gasteiger partial charge in [-0.25, -0.2) is 4.63 Å². The fraction of sp³-hybridized carbons (Fsp3) is 0.111. The zero-order valence-electron chi connectivity index (χ0n) is 8.23. The first-order valence-corrected chi connectivity index (χ1v) is 5.21. The predicted molar refractivity (Wildman–Crippen MR) is 56.1 cm³/mol. The lowest BCUT2D eigenvalue weighted by Crippen LogP contribution is -1.98. The molecule has 0 amide bonds. The molecule has 0 saturated heterocycles. The number of thioether (sulfide) groups is 1. The molecule has 1 heterocycles. The summed E-state index contributed by atoms with van der Waals surface area (Å²) in [6, 6.07) is 5.62. The van der Waals surface area contributed by atoms with Gasteiger partial charge in [-0.1, -0.05) is 12.1 Å². The van der Waals surface area contributed by atoms with Crippen molar-refractivity contribution in [1.29, 1.82) is 0 Å². The third-order valence-corrected chi connectivity index (χ3v) is 2.61. The van der Waals surface area contributed by atoms with E-state index in [1.54, 1.807) is 0 Å². The van der Waals surface area contributed by atoms with E-state index in [0.29, 0.717) is 11.3 Å². The number of benzene rings is 1. The van der Waals surface area contributed by atoms with Gasteiger partial charge in [0.05, 0.1) is 0 Å². The molecular weight excluding hydrogens is 255 g/mol. The number of rotatable bonds is 2. The molecule has 2 aromatic rings. The molecule has 0 aliphatic carbocycles. The van der Waals surface area contributed by atoms with Crippen LogP contribution in [0.25, 0.3) is 11.3 Å². The number of anilines is 1. The van der Waals surface area contributed by atoms with Crippen LogP contribution in [0.1, 0.15) is 0 Å². The molecule has 2 N–H and O–H groups in total. The molecular formula is C9H6F3N3OS. The molecule has 0 radical (unpaired) electrons. The number of aromatic nitrogens is 2. The van der Waals surface area contributed by atoms with Gasteiger partial charge in [-0.3, -0.25) is 0 Å². The number of alkyl halides is 3. The highest BCUT2D eigenvalue weighted by molar-refractivity contribution is 8.00. The topological polar surface area (TPSA) is 64.9 Å². The Morgan fingerprint density at radius 2 is 1.76 bits per heavy atom. The van der Waals surface area contributed by atoms with Crippen LogP contribution in [-0.4, -0.2) is 15.8 Å². The highest BCUT2D eigenvalue weighted by Crippen LogP contribution is 2.37. The second kappa shape index (κ2) is 4.28. The van der Waals surface area contributed by atoms with Crippen molar-refractivity contribution in [2.75, 3.05) is 5.73 Å². The summed E-state index contributed by atoms with van der Waals surface area (Å²) in [5.74, 6) is 0.0984. The standard InChI is InChI=1S/C9H6F3N3OS/c10-9(11,12)17-6-3-1-5(2-4-6)7-8(13)15-16-14-7/h1-4H,(H2,13,15). The fourth-order valence-electron chi connectivity index (χ4n) is 1.21. The first kappa shape index (κ1) is 11.8. The highest BCUT2D eigenvalue weighted by Gasteiger charge is 2.29. The molecule has 4 nitrogen and oxygen atoms in total. The maximum atomic E-state index is 12.1. The van der Waals surface area contributed by atoms with Crippen LogP contribution >= 0.6 is 11.8 Å². The van der Waals surface area contributed by atoms with Gasteiger partial charge in [0.15, 0.2) is 11.5 Å². The summed E-state index contributed by atoms with van der Waals surface area (Å²) in [5.41, 5.74) is 2.03. The number of hydrogen-bond donors (Lipinski definition) is 1. The van der Waals surface area contributed by atoms with Crippen molar-refractivity contribution in [1.82, 2.24) is 10.3 Å². The molecule has 0 saturated carbocycles. The average Bonchev–Trinajstić information content (AvgIpc) is 2.63. The van der Waals surface area contributed by atoms with Crippen molar-refractivity contribution < 1.29 is 17.8 Å².